The third-order valence-electron chi connectivity index (χ3n) is 3.05. The number of nitro groups is 1. The Labute approximate surface area is 130 Å². The van der Waals surface area contributed by atoms with Crippen molar-refractivity contribution in [2.24, 2.45) is 0 Å². The number of halogens is 3. The molecule has 128 valence electrons. The van der Waals surface area contributed by atoms with Gasteiger partial charge in [-0.2, -0.15) is 13.2 Å². The quantitative estimate of drug-likeness (QED) is 0.663. The topological polar surface area (TPSA) is 83.7 Å². The molecule has 1 aromatic carbocycles. The summed E-state index contributed by atoms with van der Waals surface area (Å²) in [7, 11) is 0. The normalized spacial score (nSPS) is 13.0. The summed E-state index contributed by atoms with van der Waals surface area (Å²) < 4.78 is 38.6. The summed E-state index contributed by atoms with van der Waals surface area (Å²) in [5.41, 5.74) is -2.53. The zero-order valence-electron chi connectivity index (χ0n) is 12.8. The Balaban J connectivity index is 3.36. The van der Waals surface area contributed by atoms with Crippen molar-refractivity contribution in [1.82, 2.24) is 4.90 Å². The van der Waals surface area contributed by atoms with Crippen molar-refractivity contribution in [2.45, 2.75) is 39.1 Å². The van der Waals surface area contributed by atoms with E-state index in [1.807, 2.05) is 0 Å². The van der Waals surface area contributed by atoms with Gasteiger partial charge >= 0.3 is 6.18 Å². The first-order valence-corrected chi connectivity index (χ1v) is 6.79. The van der Waals surface area contributed by atoms with Crippen molar-refractivity contribution in [1.29, 1.82) is 0 Å². The van der Waals surface area contributed by atoms with Crippen LogP contribution in [-0.2, 0) is 6.18 Å². The minimum atomic E-state index is -4.81. The van der Waals surface area contributed by atoms with E-state index in [9.17, 15) is 33.2 Å². The summed E-state index contributed by atoms with van der Waals surface area (Å²) >= 11 is 0. The number of non-ortho nitro benzene ring substituents is 1. The maximum Gasteiger partial charge on any atom is 0.416 e. The molecule has 1 amide bonds. The van der Waals surface area contributed by atoms with Gasteiger partial charge in [0.15, 0.2) is 0 Å². The van der Waals surface area contributed by atoms with Gasteiger partial charge in [-0.3, -0.25) is 14.9 Å². The Kier molecular flexibility index (Phi) is 5.70. The predicted octanol–water partition coefficient (Wildman–Crippen LogP) is 2.85. The number of amides is 1. The molecule has 1 N–H and O–H groups in total. The third-order valence-corrected chi connectivity index (χ3v) is 3.05. The van der Waals surface area contributed by atoms with Gasteiger partial charge in [-0.1, -0.05) is 0 Å². The summed E-state index contributed by atoms with van der Waals surface area (Å²) in [5.74, 6) is -0.810. The molecular weight excluding hydrogens is 317 g/mol. The number of benzene rings is 1. The molecule has 1 atom stereocenters. The van der Waals surface area contributed by atoms with Crippen molar-refractivity contribution in [2.75, 3.05) is 6.54 Å². The van der Waals surface area contributed by atoms with Gasteiger partial charge in [-0.05, 0) is 26.8 Å². The van der Waals surface area contributed by atoms with Crippen LogP contribution < -0.4 is 0 Å². The number of hydrogen-bond acceptors (Lipinski definition) is 4. The number of rotatable bonds is 5. The predicted molar refractivity (Wildman–Crippen MR) is 76.0 cm³/mol. The fourth-order valence-electron chi connectivity index (χ4n) is 1.98. The highest BCUT2D eigenvalue weighted by molar-refractivity contribution is 5.95. The first kappa shape index (κ1) is 18.9. The van der Waals surface area contributed by atoms with Gasteiger partial charge < -0.3 is 10.0 Å². The van der Waals surface area contributed by atoms with Crippen LogP contribution in [0.15, 0.2) is 18.2 Å². The van der Waals surface area contributed by atoms with E-state index in [1.165, 1.54) is 6.92 Å². The fourth-order valence-corrected chi connectivity index (χ4v) is 1.98. The van der Waals surface area contributed by atoms with Crippen LogP contribution in [0, 0.1) is 10.1 Å². The van der Waals surface area contributed by atoms with Crippen molar-refractivity contribution in [3.05, 3.63) is 39.4 Å². The average Bonchev–Trinajstić information content (AvgIpc) is 2.42. The lowest BCUT2D eigenvalue weighted by Crippen LogP contribution is -2.41. The van der Waals surface area contributed by atoms with Gasteiger partial charge in [-0.25, -0.2) is 0 Å². The van der Waals surface area contributed by atoms with Crippen LogP contribution in [0.5, 0.6) is 0 Å². The summed E-state index contributed by atoms with van der Waals surface area (Å²) in [6, 6.07) is 1.36. The van der Waals surface area contributed by atoms with E-state index in [0.717, 1.165) is 11.0 Å². The van der Waals surface area contributed by atoms with Crippen LogP contribution in [-0.4, -0.2) is 39.5 Å². The summed E-state index contributed by atoms with van der Waals surface area (Å²) in [6.45, 7) is 4.59. The molecule has 9 heteroatoms. The number of aliphatic hydroxyl groups is 1. The summed E-state index contributed by atoms with van der Waals surface area (Å²) in [5, 5.41) is 20.2. The highest BCUT2D eigenvalue weighted by atomic mass is 19.4. The Bertz CT molecular complexity index is 600. The smallest absolute Gasteiger partial charge is 0.392 e. The average molecular weight is 334 g/mol. The van der Waals surface area contributed by atoms with Crippen LogP contribution in [0.25, 0.3) is 0 Å². The lowest BCUT2D eigenvalue weighted by atomic mass is 10.1. The standard InChI is InChI=1S/C14H17F3N2O4/c1-8(2)18(7-9(3)20)13(21)10-4-11(14(15,16)17)6-12(5-10)19(22)23/h4-6,8-9,20H,7H2,1-3H3. The molecule has 0 saturated heterocycles. The SMILES string of the molecule is CC(O)CN(C(=O)c1cc([N+](=O)[O-])cc(C(F)(F)F)c1)C(C)C. The maximum atomic E-state index is 12.9. The van der Waals surface area contributed by atoms with E-state index in [2.05, 4.69) is 0 Å². The molecule has 0 aliphatic rings. The van der Waals surface area contributed by atoms with E-state index in [-0.39, 0.29) is 6.54 Å². The number of carbonyl (C=O) groups excluding carboxylic acids is 1. The molecule has 6 nitrogen and oxygen atoms in total. The van der Waals surface area contributed by atoms with Crippen molar-refractivity contribution in [3.63, 3.8) is 0 Å². The molecule has 0 saturated carbocycles. The molecule has 0 radical (unpaired) electrons. The molecule has 0 bridgehead atoms. The van der Waals surface area contributed by atoms with Gasteiger partial charge in [0, 0.05) is 30.3 Å². The molecule has 0 aromatic heterocycles. The van der Waals surface area contributed by atoms with Crippen LogP contribution in [0.3, 0.4) is 0 Å². The molecule has 0 aliphatic carbocycles. The molecule has 0 spiro atoms. The number of aliphatic hydroxyl groups excluding tert-OH is 1. The first-order valence-electron chi connectivity index (χ1n) is 6.79. The zero-order valence-corrected chi connectivity index (χ0v) is 12.8. The molecule has 1 unspecified atom stereocenters. The molecule has 1 rings (SSSR count). The second kappa shape index (κ2) is 6.95. The van der Waals surface area contributed by atoms with Crippen LogP contribution >= 0.6 is 0 Å². The van der Waals surface area contributed by atoms with Crippen molar-refractivity contribution in [3.8, 4) is 0 Å². The number of alkyl halides is 3. The Morgan fingerprint density at radius 3 is 2.26 bits per heavy atom. The Hall–Kier alpha value is -2.16. The van der Waals surface area contributed by atoms with Gasteiger partial charge in [0.25, 0.3) is 11.6 Å². The van der Waals surface area contributed by atoms with Gasteiger partial charge in [0.2, 0.25) is 0 Å². The van der Waals surface area contributed by atoms with Gasteiger partial charge in [-0.15, -0.1) is 0 Å². The van der Waals surface area contributed by atoms with Crippen LogP contribution in [0.1, 0.15) is 36.7 Å². The van der Waals surface area contributed by atoms with Crippen LogP contribution in [0.2, 0.25) is 0 Å². The second-order valence-electron chi connectivity index (χ2n) is 5.42. The minimum Gasteiger partial charge on any atom is -0.392 e. The molecule has 0 fully saturated rings. The summed E-state index contributed by atoms with van der Waals surface area (Å²) in [6.07, 6.45) is -5.70. The van der Waals surface area contributed by atoms with Crippen molar-refractivity contribution < 1.29 is 28.0 Å². The van der Waals surface area contributed by atoms with Gasteiger partial charge in [0.05, 0.1) is 16.6 Å². The molecular formula is C14H17F3N2O4. The molecule has 23 heavy (non-hydrogen) atoms. The van der Waals surface area contributed by atoms with Crippen LogP contribution in [0.4, 0.5) is 18.9 Å². The Morgan fingerprint density at radius 2 is 1.87 bits per heavy atom. The zero-order chi connectivity index (χ0) is 17.9. The number of nitro benzene ring substituents is 1. The number of hydrogen-bond donors (Lipinski definition) is 1. The lowest BCUT2D eigenvalue weighted by Gasteiger charge is -2.28. The van der Waals surface area contributed by atoms with E-state index in [4.69, 9.17) is 0 Å². The lowest BCUT2D eigenvalue weighted by molar-refractivity contribution is -0.385. The molecule has 0 heterocycles. The van der Waals surface area contributed by atoms with E-state index >= 15 is 0 Å². The van der Waals surface area contributed by atoms with Gasteiger partial charge in [0.1, 0.15) is 0 Å². The van der Waals surface area contributed by atoms with E-state index in [0.29, 0.717) is 12.1 Å². The Morgan fingerprint density at radius 1 is 1.30 bits per heavy atom. The number of nitrogens with zero attached hydrogens (tertiary/aromatic N) is 2. The molecule has 0 aliphatic heterocycles. The van der Waals surface area contributed by atoms with E-state index in [1.54, 1.807) is 13.8 Å². The first-order chi connectivity index (χ1) is 10.4. The van der Waals surface area contributed by atoms with E-state index < -0.39 is 46.0 Å². The fraction of sp³-hybridized carbons (Fsp3) is 0.500. The van der Waals surface area contributed by atoms with Crippen molar-refractivity contribution >= 4 is 11.6 Å². The molecule has 1 aromatic rings. The third kappa shape index (κ3) is 4.92. The monoisotopic (exact) mass is 334 g/mol. The largest absolute Gasteiger partial charge is 0.416 e. The minimum absolute atomic E-state index is 0.0967. The highest BCUT2D eigenvalue weighted by Crippen LogP contribution is 2.33. The number of carbonyl (C=O) groups is 1. The summed E-state index contributed by atoms with van der Waals surface area (Å²) in [4.78, 5) is 23.4. The maximum absolute atomic E-state index is 12.9. The second-order valence-corrected chi connectivity index (χ2v) is 5.42. The highest BCUT2D eigenvalue weighted by Gasteiger charge is 2.34.